The first-order valence-corrected chi connectivity index (χ1v) is 9.57. The van der Waals surface area contributed by atoms with Crippen LogP contribution in [0.15, 0.2) is 48.7 Å². The highest BCUT2D eigenvalue weighted by atomic mass is 35.5. The second-order valence-electron chi connectivity index (χ2n) is 6.51. The van der Waals surface area contributed by atoms with E-state index in [0.29, 0.717) is 20.4 Å². The molecule has 0 fully saturated rings. The molecule has 0 aliphatic heterocycles. The molecule has 2 amide bonds. The Bertz CT molecular complexity index is 1130. The predicted octanol–water partition coefficient (Wildman–Crippen LogP) is 4.87. The zero-order chi connectivity index (χ0) is 22.8. The van der Waals surface area contributed by atoms with Gasteiger partial charge in [-0.15, -0.1) is 0 Å². The van der Waals surface area contributed by atoms with Crippen LogP contribution in [-0.4, -0.2) is 28.1 Å². The van der Waals surface area contributed by atoms with E-state index in [1.165, 1.54) is 24.3 Å². The molecule has 0 aliphatic carbocycles. The third-order valence-electron chi connectivity index (χ3n) is 4.16. The van der Waals surface area contributed by atoms with Crippen LogP contribution < -0.4 is 10.6 Å². The number of nitrogens with zero attached hydrogens (tertiary/aromatic N) is 2. The maximum atomic E-state index is 13.7. The molecule has 0 atom stereocenters. The Hall–Kier alpha value is -3.04. The van der Waals surface area contributed by atoms with Crippen LogP contribution in [0, 0.1) is 6.92 Å². The Labute approximate surface area is 185 Å². The average molecular weight is 471 g/mol. The van der Waals surface area contributed by atoms with Crippen molar-refractivity contribution in [3.8, 4) is 5.69 Å². The minimum atomic E-state index is -4.87. The van der Waals surface area contributed by atoms with Crippen molar-refractivity contribution in [1.29, 1.82) is 0 Å². The van der Waals surface area contributed by atoms with Gasteiger partial charge in [0.15, 0.2) is 5.69 Å². The van der Waals surface area contributed by atoms with Crippen molar-refractivity contribution in [3.63, 3.8) is 0 Å². The normalized spacial score (nSPS) is 11.3. The highest BCUT2D eigenvalue weighted by molar-refractivity contribution is 6.33. The molecular formula is C20H15Cl2F3N4O2. The van der Waals surface area contributed by atoms with Gasteiger partial charge in [-0.05, 0) is 48.9 Å². The Morgan fingerprint density at radius 2 is 1.77 bits per heavy atom. The molecule has 0 saturated heterocycles. The van der Waals surface area contributed by atoms with E-state index >= 15 is 0 Å². The molecule has 1 aromatic heterocycles. The second-order valence-corrected chi connectivity index (χ2v) is 7.35. The smallest absolute Gasteiger partial charge is 0.343 e. The molecule has 0 bridgehead atoms. The average Bonchev–Trinajstić information content (AvgIpc) is 3.15. The van der Waals surface area contributed by atoms with E-state index < -0.39 is 35.8 Å². The molecule has 0 unspecified atom stereocenters. The predicted molar refractivity (Wildman–Crippen MR) is 111 cm³/mol. The quantitative estimate of drug-likeness (QED) is 0.558. The summed E-state index contributed by atoms with van der Waals surface area (Å²) in [7, 11) is 0. The number of alkyl halides is 3. The SMILES string of the molecule is Cc1ccc(NC(=O)CNC(=O)c2cnn(-c3ccc(Cl)cc3)c2C(F)(F)F)c(Cl)c1. The number of hydrogen-bond donors (Lipinski definition) is 2. The highest BCUT2D eigenvalue weighted by Gasteiger charge is 2.40. The number of hydrogen-bond acceptors (Lipinski definition) is 3. The number of aromatic nitrogens is 2. The molecule has 0 aliphatic rings. The van der Waals surface area contributed by atoms with Gasteiger partial charge >= 0.3 is 6.18 Å². The minimum Gasteiger partial charge on any atom is -0.343 e. The van der Waals surface area contributed by atoms with E-state index in [0.717, 1.165) is 11.8 Å². The number of halogens is 5. The zero-order valence-corrected chi connectivity index (χ0v) is 17.4. The fourth-order valence-corrected chi connectivity index (χ4v) is 3.15. The van der Waals surface area contributed by atoms with Crippen molar-refractivity contribution in [2.45, 2.75) is 13.1 Å². The minimum absolute atomic E-state index is 0.0718. The summed E-state index contributed by atoms with van der Waals surface area (Å²) in [6.07, 6.45) is -4.08. The number of anilines is 1. The van der Waals surface area contributed by atoms with Crippen LogP contribution in [0.1, 0.15) is 21.6 Å². The summed E-state index contributed by atoms with van der Waals surface area (Å²) >= 11 is 11.8. The zero-order valence-electron chi connectivity index (χ0n) is 15.9. The van der Waals surface area contributed by atoms with E-state index in [1.54, 1.807) is 18.2 Å². The third kappa shape index (κ3) is 5.36. The van der Waals surface area contributed by atoms with Crippen molar-refractivity contribution < 1.29 is 22.8 Å². The molecule has 2 N–H and O–H groups in total. The van der Waals surface area contributed by atoms with Gasteiger partial charge in [0.05, 0.1) is 34.7 Å². The Balaban J connectivity index is 1.77. The number of nitrogens with one attached hydrogen (secondary N) is 2. The van der Waals surface area contributed by atoms with Gasteiger partial charge in [0.2, 0.25) is 5.91 Å². The van der Waals surface area contributed by atoms with Crippen LogP contribution in [0.2, 0.25) is 10.0 Å². The van der Waals surface area contributed by atoms with Gasteiger partial charge in [0.1, 0.15) is 0 Å². The number of carbonyl (C=O) groups is 2. The lowest BCUT2D eigenvalue weighted by atomic mass is 10.2. The molecule has 3 rings (SSSR count). The lowest BCUT2D eigenvalue weighted by Gasteiger charge is -2.13. The van der Waals surface area contributed by atoms with Crippen molar-refractivity contribution in [2.24, 2.45) is 0 Å². The van der Waals surface area contributed by atoms with Gasteiger partial charge in [-0.1, -0.05) is 29.3 Å². The number of carbonyl (C=O) groups excluding carboxylic acids is 2. The first kappa shape index (κ1) is 22.6. The lowest BCUT2D eigenvalue weighted by Crippen LogP contribution is -2.34. The molecule has 11 heteroatoms. The summed E-state index contributed by atoms with van der Waals surface area (Å²) in [6.45, 7) is 1.26. The van der Waals surface area contributed by atoms with Crippen LogP contribution in [0.3, 0.4) is 0 Å². The van der Waals surface area contributed by atoms with Crippen LogP contribution in [0.4, 0.5) is 18.9 Å². The fraction of sp³-hybridized carbons (Fsp3) is 0.150. The van der Waals surface area contributed by atoms with E-state index in [2.05, 4.69) is 15.7 Å². The monoisotopic (exact) mass is 470 g/mol. The van der Waals surface area contributed by atoms with Crippen molar-refractivity contribution >= 4 is 40.7 Å². The molecule has 0 saturated carbocycles. The van der Waals surface area contributed by atoms with Gasteiger partial charge in [-0.25, -0.2) is 4.68 Å². The van der Waals surface area contributed by atoms with E-state index in [1.807, 2.05) is 6.92 Å². The largest absolute Gasteiger partial charge is 0.434 e. The summed E-state index contributed by atoms with van der Waals surface area (Å²) in [5.74, 6) is -1.75. The number of amides is 2. The number of aryl methyl sites for hydroxylation is 1. The standard InChI is InChI=1S/C20H15Cl2F3N4O2/c1-11-2-7-16(15(22)8-11)28-17(30)10-26-19(31)14-9-27-29(18(14)20(23,24)25)13-5-3-12(21)4-6-13/h2-9H,10H2,1H3,(H,26,31)(H,28,30). The maximum Gasteiger partial charge on any atom is 0.434 e. The maximum absolute atomic E-state index is 13.7. The summed E-state index contributed by atoms with van der Waals surface area (Å²) in [6, 6.07) is 10.4. The number of benzene rings is 2. The molecule has 0 radical (unpaired) electrons. The van der Waals surface area contributed by atoms with E-state index in [4.69, 9.17) is 23.2 Å². The summed E-state index contributed by atoms with van der Waals surface area (Å²) < 4.78 is 41.6. The molecular weight excluding hydrogens is 456 g/mol. The molecule has 0 spiro atoms. The van der Waals surface area contributed by atoms with Crippen LogP contribution in [-0.2, 0) is 11.0 Å². The van der Waals surface area contributed by atoms with Gasteiger partial charge < -0.3 is 10.6 Å². The fourth-order valence-electron chi connectivity index (χ4n) is 2.74. The van der Waals surface area contributed by atoms with Crippen molar-refractivity contribution in [3.05, 3.63) is 75.5 Å². The first-order chi connectivity index (χ1) is 14.6. The lowest BCUT2D eigenvalue weighted by molar-refractivity contribution is -0.143. The van der Waals surface area contributed by atoms with Crippen LogP contribution in [0.25, 0.3) is 5.69 Å². The summed E-state index contributed by atoms with van der Waals surface area (Å²) in [5.41, 5.74) is -0.716. The van der Waals surface area contributed by atoms with E-state index in [9.17, 15) is 22.8 Å². The molecule has 1 heterocycles. The Morgan fingerprint density at radius 3 is 2.39 bits per heavy atom. The topological polar surface area (TPSA) is 76.0 Å². The second kappa shape index (κ2) is 8.99. The molecule has 31 heavy (non-hydrogen) atoms. The van der Waals surface area contributed by atoms with Crippen molar-refractivity contribution in [1.82, 2.24) is 15.1 Å². The Kier molecular flexibility index (Phi) is 6.56. The molecule has 3 aromatic rings. The first-order valence-electron chi connectivity index (χ1n) is 8.81. The van der Waals surface area contributed by atoms with Gasteiger partial charge in [0, 0.05) is 5.02 Å². The molecule has 2 aromatic carbocycles. The van der Waals surface area contributed by atoms with Crippen LogP contribution >= 0.6 is 23.2 Å². The molecule has 162 valence electrons. The van der Waals surface area contributed by atoms with Gasteiger partial charge in [-0.2, -0.15) is 18.3 Å². The van der Waals surface area contributed by atoms with Gasteiger partial charge in [-0.3, -0.25) is 9.59 Å². The van der Waals surface area contributed by atoms with Crippen molar-refractivity contribution in [2.75, 3.05) is 11.9 Å². The summed E-state index contributed by atoms with van der Waals surface area (Å²) in [4.78, 5) is 24.5. The summed E-state index contributed by atoms with van der Waals surface area (Å²) in [5, 5.41) is 8.98. The number of rotatable bonds is 5. The van der Waals surface area contributed by atoms with Gasteiger partial charge in [0.25, 0.3) is 5.91 Å². The van der Waals surface area contributed by atoms with Crippen LogP contribution in [0.5, 0.6) is 0 Å². The van der Waals surface area contributed by atoms with E-state index in [-0.39, 0.29) is 5.69 Å². The third-order valence-corrected chi connectivity index (χ3v) is 4.73. The highest BCUT2D eigenvalue weighted by Crippen LogP contribution is 2.33. The Morgan fingerprint density at radius 1 is 1.10 bits per heavy atom. The molecule has 6 nitrogen and oxygen atoms in total.